The number of ether oxygens (including phenoxy) is 1. The van der Waals surface area contributed by atoms with Gasteiger partial charge in [0.2, 0.25) is 10.0 Å². The first-order chi connectivity index (χ1) is 9.63. The molecular formula is C11H17BrN2O5S2. The molecule has 1 aromatic carbocycles. The van der Waals surface area contributed by atoms with E-state index in [-0.39, 0.29) is 34.4 Å². The fourth-order valence-electron chi connectivity index (χ4n) is 1.47. The maximum atomic E-state index is 12.2. The van der Waals surface area contributed by atoms with Crippen molar-refractivity contribution >= 4 is 41.5 Å². The van der Waals surface area contributed by atoms with Crippen LogP contribution in [0.25, 0.3) is 0 Å². The Morgan fingerprint density at radius 2 is 1.90 bits per heavy atom. The van der Waals surface area contributed by atoms with Gasteiger partial charge in [0, 0.05) is 22.5 Å². The normalized spacial score (nSPS) is 12.3. The van der Waals surface area contributed by atoms with E-state index in [1.54, 1.807) is 0 Å². The Hall–Kier alpha value is -0.840. The Bertz CT molecular complexity index is 716. The summed E-state index contributed by atoms with van der Waals surface area (Å²) >= 11 is 3.18. The van der Waals surface area contributed by atoms with E-state index in [1.165, 1.54) is 26.2 Å². The number of anilines is 1. The van der Waals surface area contributed by atoms with Crippen molar-refractivity contribution < 1.29 is 21.6 Å². The van der Waals surface area contributed by atoms with Gasteiger partial charge in [0.05, 0.1) is 12.9 Å². The Balaban J connectivity index is 3.01. The molecule has 0 aromatic heterocycles. The van der Waals surface area contributed by atoms with Crippen LogP contribution < -0.4 is 15.2 Å². The minimum atomic E-state index is -3.91. The smallest absolute Gasteiger partial charge is 0.244 e. The SMILES string of the molecule is CCS(=O)(=O)CCNS(=O)(=O)c1cc(N)c(Br)cc1OC. The van der Waals surface area contributed by atoms with Crippen LogP contribution in [0.15, 0.2) is 21.5 Å². The van der Waals surface area contributed by atoms with Crippen LogP contribution >= 0.6 is 15.9 Å². The van der Waals surface area contributed by atoms with Crippen molar-refractivity contribution in [1.82, 2.24) is 4.72 Å². The number of hydrogen-bond acceptors (Lipinski definition) is 6. The van der Waals surface area contributed by atoms with Crippen LogP contribution in [0.2, 0.25) is 0 Å². The molecule has 7 nitrogen and oxygen atoms in total. The number of sulfone groups is 1. The van der Waals surface area contributed by atoms with Gasteiger partial charge < -0.3 is 10.5 Å². The summed E-state index contributed by atoms with van der Waals surface area (Å²) < 4.78 is 54.8. The van der Waals surface area contributed by atoms with Gasteiger partial charge in [-0.15, -0.1) is 0 Å². The summed E-state index contributed by atoms with van der Waals surface area (Å²) in [5.74, 6) is -0.192. The van der Waals surface area contributed by atoms with Crippen molar-refractivity contribution in [3.8, 4) is 5.75 Å². The molecule has 0 fully saturated rings. The number of nitrogens with one attached hydrogen (secondary N) is 1. The third-order valence-corrected chi connectivity index (χ3v) is 6.59. The second-order valence-corrected chi connectivity index (χ2v) is 9.22. The highest BCUT2D eigenvalue weighted by Gasteiger charge is 2.21. The van der Waals surface area contributed by atoms with E-state index in [1.807, 2.05) is 0 Å². The van der Waals surface area contributed by atoms with Crippen LogP contribution in [0.3, 0.4) is 0 Å². The first-order valence-electron chi connectivity index (χ1n) is 5.96. The minimum Gasteiger partial charge on any atom is -0.495 e. The second-order valence-electron chi connectivity index (χ2n) is 4.16. The van der Waals surface area contributed by atoms with E-state index >= 15 is 0 Å². The predicted molar refractivity (Wildman–Crippen MR) is 84.6 cm³/mol. The number of rotatable bonds is 7. The fraction of sp³-hybridized carbons (Fsp3) is 0.455. The number of hydrogen-bond donors (Lipinski definition) is 2. The molecule has 3 N–H and O–H groups in total. The molecular weight excluding hydrogens is 384 g/mol. The number of nitrogens with two attached hydrogens (primary N) is 1. The molecule has 0 bridgehead atoms. The van der Waals surface area contributed by atoms with Crippen LogP contribution in [-0.2, 0) is 19.9 Å². The molecule has 0 atom stereocenters. The molecule has 0 heterocycles. The van der Waals surface area contributed by atoms with Crippen molar-refractivity contribution in [2.75, 3.05) is 30.9 Å². The first kappa shape index (κ1) is 18.2. The summed E-state index contributed by atoms with van der Waals surface area (Å²) in [5.41, 5.74) is 5.90. The van der Waals surface area contributed by atoms with Gasteiger partial charge in [-0.05, 0) is 28.1 Å². The van der Waals surface area contributed by atoms with E-state index in [0.717, 1.165) is 0 Å². The standard InChI is InChI=1S/C11H17BrN2O5S2/c1-3-20(15,16)5-4-14-21(17,18)11-7-9(13)8(12)6-10(11)19-2/h6-7,14H,3-5,13H2,1-2H3. The van der Waals surface area contributed by atoms with Crippen molar-refractivity contribution in [1.29, 1.82) is 0 Å². The highest BCUT2D eigenvalue weighted by molar-refractivity contribution is 9.10. The van der Waals surface area contributed by atoms with Crippen LogP contribution in [0, 0.1) is 0 Å². The molecule has 0 amide bonds. The Morgan fingerprint density at radius 1 is 1.29 bits per heavy atom. The van der Waals surface area contributed by atoms with E-state index < -0.39 is 19.9 Å². The molecule has 120 valence electrons. The number of benzene rings is 1. The summed E-state index contributed by atoms with van der Waals surface area (Å²) in [6.45, 7) is 1.29. The zero-order valence-electron chi connectivity index (χ0n) is 11.6. The molecule has 21 heavy (non-hydrogen) atoms. The van der Waals surface area contributed by atoms with Crippen molar-refractivity contribution in [3.05, 3.63) is 16.6 Å². The van der Waals surface area contributed by atoms with E-state index in [2.05, 4.69) is 20.7 Å². The number of methoxy groups -OCH3 is 1. The third kappa shape index (κ3) is 4.83. The van der Waals surface area contributed by atoms with Gasteiger partial charge in [-0.1, -0.05) is 6.92 Å². The van der Waals surface area contributed by atoms with Gasteiger partial charge in [-0.2, -0.15) is 0 Å². The lowest BCUT2D eigenvalue weighted by molar-refractivity contribution is 0.402. The summed E-state index contributed by atoms with van der Waals surface area (Å²) in [5, 5.41) is 0. The quantitative estimate of drug-likeness (QED) is 0.652. The molecule has 0 aliphatic carbocycles. The maximum absolute atomic E-state index is 12.2. The summed E-state index contributed by atoms with van der Waals surface area (Å²) in [7, 11) is -5.83. The van der Waals surface area contributed by atoms with Crippen LogP contribution in [0.1, 0.15) is 6.92 Å². The molecule has 0 saturated carbocycles. The maximum Gasteiger partial charge on any atom is 0.244 e. The van der Waals surface area contributed by atoms with Crippen molar-refractivity contribution in [3.63, 3.8) is 0 Å². The van der Waals surface area contributed by atoms with Crippen LogP contribution in [-0.4, -0.2) is 42.0 Å². The molecule has 0 unspecified atom stereocenters. The van der Waals surface area contributed by atoms with E-state index in [9.17, 15) is 16.8 Å². The van der Waals surface area contributed by atoms with Gasteiger partial charge in [0.25, 0.3) is 0 Å². The largest absolute Gasteiger partial charge is 0.495 e. The predicted octanol–water partition coefficient (Wildman–Crippen LogP) is 0.753. The molecule has 0 aliphatic rings. The van der Waals surface area contributed by atoms with Gasteiger partial charge >= 0.3 is 0 Å². The third-order valence-electron chi connectivity index (χ3n) is 2.72. The fourth-order valence-corrected chi connectivity index (χ4v) is 3.84. The molecule has 0 aliphatic heterocycles. The van der Waals surface area contributed by atoms with Crippen LogP contribution in [0.5, 0.6) is 5.75 Å². The monoisotopic (exact) mass is 400 g/mol. The van der Waals surface area contributed by atoms with Gasteiger partial charge in [-0.3, -0.25) is 0 Å². The second kappa shape index (κ2) is 6.95. The van der Waals surface area contributed by atoms with Crippen LogP contribution in [0.4, 0.5) is 5.69 Å². The van der Waals surface area contributed by atoms with E-state index in [4.69, 9.17) is 10.5 Å². The lowest BCUT2D eigenvalue weighted by Crippen LogP contribution is -2.30. The van der Waals surface area contributed by atoms with Gasteiger partial charge in [0.1, 0.15) is 10.6 Å². The Morgan fingerprint density at radius 3 is 2.43 bits per heavy atom. The van der Waals surface area contributed by atoms with Gasteiger partial charge in [0.15, 0.2) is 9.84 Å². The average molecular weight is 401 g/mol. The van der Waals surface area contributed by atoms with Gasteiger partial charge in [-0.25, -0.2) is 21.6 Å². The van der Waals surface area contributed by atoms with Crippen molar-refractivity contribution in [2.45, 2.75) is 11.8 Å². The molecule has 0 spiro atoms. The molecule has 0 saturated heterocycles. The number of nitrogen functional groups attached to an aromatic ring is 1. The number of halogens is 1. The number of sulfonamides is 1. The Labute approximate surface area is 133 Å². The zero-order chi connectivity index (χ0) is 16.3. The molecule has 10 heteroatoms. The summed E-state index contributed by atoms with van der Waals surface area (Å²) in [4.78, 5) is -0.139. The minimum absolute atomic E-state index is 0.0384. The zero-order valence-corrected chi connectivity index (χ0v) is 14.8. The molecule has 0 radical (unpaired) electrons. The molecule has 1 rings (SSSR count). The summed E-state index contributed by atoms with van der Waals surface area (Å²) in [6, 6.07) is 2.69. The lowest BCUT2D eigenvalue weighted by Gasteiger charge is -2.12. The highest BCUT2D eigenvalue weighted by Crippen LogP contribution is 2.32. The lowest BCUT2D eigenvalue weighted by atomic mass is 10.3. The highest BCUT2D eigenvalue weighted by atomic mass is 79.9. The van der Waals surface area contributed by atoms with Crippen molar-refractivity contribution in [2.24, 2.45) is 0 Å². The van der Waals surface area contributed by atoms with E-state index in [0.29, 0.717) is 4.47 Å². The molecule has 1 aromatic rings. The average Bonchev–Trinajstić information content (AvgIpc) is 2.40. The topological polar surface area (TPSA) is 116 Å². The first-order valence-corrected chi connectivity index (χ1v) is 10.1. The summed E-state index contributed by atoms with van der Waals surface area (Å²) in [6.07, 6.45) is 0. The Kier molecular flexibility index (Phi) is 6.02.